The molecule has 142 valence electrons. The van der Waals surface area contributed by atoms with Crippen LogP contribution >= 0.6 is 0 Å². The van der Waals surface area contributed by atoms with Crippen molar-refractivity contribution in [3.05, 3.63) is 46.5 Å². The number of rotatable bonds is 7. The van der Waals surface area contributed by atoms with E-state index < -0.39 is 6.67 Å². The van der Waals surface area contributed by atoms with Gasteiger partial charge in [-0.3, -0.25) is 14.2 Å². The molecule has 7 heteroatoms. The molecule has 27 heavy (non-hydrogen) atoms. The zero-order valence-electron chi connectivity index (χ0n) is 15.7. The van der Waals surface area contributed by atoms with Crippen LogP contribution in [0.25, 0.3) is 21.7 Å². The van der Waals surface area contributed by atoms with Gasteiger partial charge in [0.1, 0.15) is 18.4 Å². The Kier molecular flexibility index (Phi) is 5.48. The van der Waals surface area contributed by atoms with Crippen molar-refractivity contribution in [2.45, 2.75) is 26.3 Å². The maximum Gasteiger partial charge on any atom is 0.260 e. The first-order valence-electron chi connectivity index (χ1n) is 8.89. The van der Waals surface area contributed by atoms with Crippen LogP contribution in [0.1, 0.15) is 19.0 Å². The third kappa shape index (κ3) is 3.67. The smallest absolute Gasteiger partial charge is 0.260 e. The quantitative estimate of drug-likeness (QED) is 0.501. The molecule has 0 fully saturated rings. The van der Waals surface area contributed by atoms with Gasteiger partial charge in [0, 0.05) is 24.7 Å². The minimum Gasteiger partial charge on any atom is -0.491 e. The second kappa shape index (κ2) is 7.82. The normalized spacial score (nSPS) is 13.6. The van der Waals surface area contributed by atoms with E-state index in [4.69, 9.17) is 10.3 Å². The van der Waals surface area contributed by atoms with E-state index in [2.05, 4.69) is 10.1 Å². The number of hydrogen-bond acceptors (Lipinski definition) is 5. The SMILES string of the molecule is Cc1nccc2c1c(=O)n(C)c1cc(OCC(CC(C)CF)N=N)ccc21. The second-order valence-electron chi connectivity index (χ2n) is 6.95. The number of benzene rings is 1. The van der Waals surface area contributed by atoms with Gasteiger partial charge in [-0.15, -0.1) is 0 Å². The Bertz CT molecular complexity index is 1050. The van der Waals surface area contributed by atoms with Crippen LogP contribution in [0.3, 0.4) is 0 Å². The number of aryl methyl sites for hydroxylation is 2. The van der Waals surface area contributed by atoms with E-state index >= 15 is 0 Å². The van der Waals surface area contributed by atoms with Crippen molar-refractivity contribution in [3.8, 4) is 5.75 Å². The van der Waals surface area contributed by atoms with E-state index in [0.717, 1.165) is 16.3 Å². The van der Waals surface area contributed by atoms with Crippen LogP contribution in [-0.2, 0) is 7.05 Å². The van der Waals surface area contributed by atoms with Crippen LogP contribution in [0.15, 0.2) is 40.4 Å². The fourth-order valence-electron chi connectivity index (χ4n) is 3.32. The number of halogens is 1. The molecule has 2 aromatic heterocycles. The van der Waals surface area contributed by atoms with Gasteiger partial charge in [0.2, 0.25) is 0 Å². The minimum atomic E-state index is -0.439. The number of alkyl halides is 1. The summed E-state index contributed by atoms with van der Waals surface area (Å²) in [4.78, 5) is 17.0. The van der Waals surface area contributed by atoms with E-state index in [1.54, 1.807) is 24.7 Å². The summed E-state index contributed by atoms with van der Waals surface area (Å²) in [5.74, 6) is 0.428. The highest BCUT2D eigenvalue weighted by atomic mass is 19.1. The molecule has 0 aliphatic heterocycles. The van der Waals surface area contributed by atoms with Crippen LogP contribution in [-0.4, -0.2) is 28.9 Å². The number of hydrogen-bond donors (Lipinski definition) is 1. The summed E-state index contributed by atoms with van der Waals surface area (Å²) in [7, 11) is 1.73. The highest BCUT2D eigenvalue weighted by Gasteiger charge is 2.15. The first kappa shape index (κ1) is 18.9. The van der Waals surface area contributed by atoms with Gasteiger partial charge in [0.25, 0.3) is 5.56 Å². The van der Waals surface area contributed by atoms with Gasteiger partial charge < -0.3 is 9.30 Å². The molecule has 0 aliphatic rings. The van der Waals surface area contributed by atoms with Crippen molar-refractivity contribution in [2.24, 2.45) is 18.1 Å². The molecular formula is C20H23FN4O2. The molecule has 1 aromatic carbocycles. The fraction of sp³-hybridized carbons (Fsp3) is 0.400. The Morgan fingerprint density at radius 3 is 2.81 bits per heavy atom. The van der Waals surface area contributed by atoms with Gasteiger partial charge in [-0.25, -0.2) is 5.53 Å². The Morgan fingerprint density at radius 1 is 1.33 bits per heavy atom. The topological polar surface area (TPSA) is 80.3 Å². The summed E-state index contributed by atoms with van der Waals surface area (Å²) in [6.45, 7) is 3.37. The molecule has 0 saturated carbocycles. The minimum absolute atomic E-state index is 0.101. The van der Waals surface area contributed by atoms with Gasteiger partial charge in [0.15, 0.2) is 0 Å². The van der Waals surface area contributed by atoms with Crippen molar-refractivity contribution in [1.29, 1.82) is 5.53 Å². The van der Waals surface area contributed by atoms with Crippen molar-refractivity contribution < 1.29 is 9.13 Å². The molecule has 0 amide bonds. The lowest BCUT2D eigenvalue weighted by atomic mass is 10.0. The largest absolute Gasteiger partial charge is 0.491 e. The molecule has 0 bridgehead atoms. The van der Waals surface area contributed by atoms with Crippen molar-refractivity contribution >= 4 is 21.7 Å². The van der Waals surface area contributed by atoms with Crippen LogP contribution in [0.2, 0.25) is 0 Å². The summed E-state index contributed by atoms with van der Waals surface area (Å²) >= 11 is 0. The van der Waals surface area contributed by atoms with Crippen molar-refractivity contribution in [3.63, 3.8) is 0 Å². The number of fused-ring (bicyclic) bond motifs is 3. The summed E-state index contributed by atoms with van der Waals surface area (Å²) in [5, 5.41) is 5.96. The molecule has 2 atom stereocenters. The number of ether oxygens (including phenoxy) is 1. The molecule has 3 aromatic rings. The van der Waals surface area contributed by atoms with Crippen LogP contribution in [0, 0.1) is 18.4 Å². The monoisotopic (exact) mass is 370 g/mol. The van der Waals surface area contributed by atoms with Gasteiger partial charge in [-0.2, -0.15) is 5.11 Å². The Labute approximate surface area is 156 Å². The zero-order chi connectivity index (χ0) is 19.6. The molecule has 3 rings (SSSR count). The van der Waals surface area contributed by atoms with E-state index in [9.17, 15) is 9.18 Å². The predicted molar refractivity (Wildman–Crippen MR) is 103 cm³/mol. The lowest BCUT2D eigenvalue weighted by Gasteiger charge is -2.16. The van der Waals surface area contributed by atoms with E-state index in [1.165, 1.54) is 0 Å². The average molecular weight is 370 g/mol. The number of nitrogens with zero attached hydrogens (tertiary/aromatic N) is 3. The fourth-order valence-corrected chi connectivity index (χ4v) is 3.32. The summed E-state index contributed by atoms with van der Waals surface area (Å²) < 4.78 is 20.1. The molecule has 0 saturated heterocycles. The van der Waals surface area contributed by atoms with E-state index in [1.807, 2.05) is 31.2 Å². The Balaban J connectivity index is 1.96. The van der Waals surface area contributed by atoms with Crippen molar-refractivity contribution in [1.82, 2.24) is 9.55 Å². The molecule has 6 nitrogen and oxygen atoms in total. The molecule has 0 aliphatic carbocycles. The Morgan fingerprint density at radius 2 is 2.11 bits per heavy atom. The summed E-state index contributed by atoms with van der Waals surface area (Å²) in [6.07, 6.45) is 2.16. The molecule has 2 heterocycles. The number of aromatic nitrogens is 2. The van der Waals surface area contributed by atoms with Crippen LogP contribution in [0.5, 0.6) is 5.75 Å². The predicted octanol–water partition coefficient (Wildman–Crippen LogP) is 4.17. The molecular weight excluding hydrogens is 347 g/mol. The van der Waals surface area contributed by atoms with Gasteiger partial charge >= 0.3 is 0 Å². The Hall–Kier alpha value is -2.83. The first-order chi connectivity index (χ1) is 13.0. The number of pyridine rings is 2. The van der Waals surface area contributed by atoms with Gasteiger partial charge in [0.05, 0.1) is 23.3 Å². The van der Waals surface area contributed by atoms with Crippen LogP contribution < -0.4 is 10.3 Å². The first-order valence-corrected chi connectivity index (χ1v) is 8.89. The number of nitrogens with one attached hydrogen (secondary N) is 1. The highest BCUT2D eigenvalue weighted by molar-refractivity contribution is 6.06. The van der Waals surface area contributed by atoms with Gasteiger partial charge in [-0.1, -0.05) is 6.92 Å². The zero-order valence-corrected chi connectivity index (χ0v) is 15.7. The highest BCUT2D eigenvalue weighted by Crippen LogP contribution is 2.27. The molecule has 1 N–H and O–H groups in total. The molecule has 2 unspecified atom stereocenters. The molecule has 0 radical (unpaired) electrons. The van der Waals surface area contributed by atoms with Gasteiger partial charge in [-0.05, 0) is 42.8 Å². The summed E-state index contributed by atoms with van der Waals surface area (Å²) in [5.41, 5.74) is 8.63. The van der Waals surface area contributed by atoms with E-state index in [0.29, 0.717) is 23.3 Å². The van der Waals surface area contributed by atoms with Crippen LogP contribution in [0.4, 0.5) is 4.39 Å². The molecule has 0 spiro atoms. The maximum atomic E-state index is 12.7. The maximum absolute atomic E-state index is 12.7. The summed E-state index contributed by atoms with van der Waals surface area (Å²) in [6, 6.07) is 7.02. The third-order valence-electron chi connectivity index (χ3n) is 4.84. The van der Waals surface area contributed by atoms with E-state index in [-0.39, 0.29) is 24.1 Å². The van der Waals surface area contributed by atoms with Crippen molar-refractivity contribution in [2.75, 3.05) is 13.3 Å². The lowest BCUT2D eigenvalue weighted by Crippen LogP contribution is -2.20. The lowest BCUT2D eigenvalue weighted by molar-refractivity contribution is 0.250. The second-order valence-corrected chi connectivity index (χ2v) is 6.95. The third-order valence-corrected chi connectivity index (χ3v) is 4.84. The average Bonchev–Trinajstić information content (AvgIpc) is 2.68. The standard InChI is InChI=1S/C20H23FN4O2/c1-12(10-21)8-14(24-22)11-27-15-4-5-16-17-6-7-23-13(2)19(17)20(26)25(3)18(16)9-15/h4-7,9,12,14,22H,8,10-11H2,1-3H3.